The fourth-order valence-electron chi connectivity index (χ4n) is 2.22. The molecule has 3 aromatic rings. The number of rotatable bonds is 3. The second-order valence-electron chi connectivity index (χ2n) is 5.16. The summed E-state index contributed by atoms with van der Waals surface area (Å²) in [5, 5.41) is 4.24. The van der Waals surface area contributed by atoms with Crippen LogP contribution in [0, 0.1) is 5.82 Å². The van der Waals surface area contributed by atoms with Crippen LogP contribution in [0.15, 0.2) is 33.8 Å². The standard InChI is InChI=1S/C14H11FN4O2/c15-9-3-4-10-11(5-9)16-7-19(14(10)20)6-12-17-13(21-18-12)8-1-2-8/h3-5,7-8H,1-2,6H2. The van der Waals surface area contributed by atoms with E-state index in [9.17, 15) is 9.18 Å². The van der Waals surface area contributed by atoms with Gasteiger partial charge in [0.05, 0.1) is 23.8 Å². The lowest BCUT2D eigenvalue weighted by atomic mass is 10.2. The van der Waals surface area contributed by atoms with Crippen molar-refractivity contribution >= 4 is 10.9 Å². The van der Waals surface area contributed by atoms with Crippen LogP contribution in [0.3, 0.4) is 0 Å². The van der Waals surface area contributed by atoms with Gasteiger partial charge in [-0.3, -0.25) is 9.36 Å². The van der Waals surface area contributed by atoms with Gasteiger partial charge in [-0.25, -0.2) is 9.37 Å². The van der Waals surface area contributed by atoms with E-state index in [1.165, 1.54) is 29.1 Å². The van der Waals surface area contributed by atoms with Crippen LogP contribution in [-0.2, 0) is 6.54 Å². The van der Waals surface area contributed by atoms with E-state index in [1.54, 1.807) is 0 Å². The van der Waals surface area contributed by atoms with Crippen LogP contribution in [0.2, 0.25) is 0 Å². The monoisotopic (exact) mass is 286 g/mol. The maximum absolute atomic E-state index is 13.1. The minimum Gasteiger partial charge on any atom is -0.339 e. The van der Waals surface area contributed by atoms with E-state index in [0.717, 1.165) is 12.8 Å². The molecule has 0 amide bonds. The first kappa shape index (κ1) is 12.2. The van der Waals surface area contributed by atoms with E-state index >= 15 is 0 Å². The zero-order chi connectivity index (χ0) is 14.4. The average Bonchev–Trinajstić information content (AvgIpc) is 3.22. The summed E-state index contributed by atoms with van der Waals surface area (Å²) in [5.41, 5.74) is 0.0841. The van der Waals surface area contributed by atoms with Crippen molar-refractivity contribution < 1.29 is 8.91 Å². The molecule has 0 unspecified atom stereocenters. The molecular formula is C14H11FN4O2. The SMILES string of the molecule is O=c1c2ccc(F)cc2ncn1Cc1noc(C2CC2)n1. The molecule has 7 heteroatoms. The van der Waals surface area contributed by atoms with Crippen molar-refractivity contribution in [3.8, 4) is 0 Å². The molecule has 1 aliphatic carbocycles. The third kappa shape index (κ3) is 2.20. The molecule has 1 aromatic carbocycles. The molecule has 6 nitrogen and oxygen atoms in total. The fourth-order valence-corrected chi connectivity index (χ4v) is 2.22. The highest BCUT2D eigenvalue weighted by molar-refractivity contribution is 5.77. The quantitative estimate of drug-likeness (QED) is 0.734. The molecule has 2 aromatic heterocycles. The first-order valence-electron chi connectivity index (χ1n) is 6.68. The molecule has 1 fully saturated rings. The van der Waals surface area contributed by atoms with Crippen molar-refractivity contribution in [2.24, 2.45) is 0 Å². The Bertz CT molecular complexity index is 882. The van der Waals surface area contributed by atoms with Gasteiger partial charge in [0.2, 0.25) is 5.89 Å². The van der Waals surface area contributed by atoms with E-state index in [1.807, 2.05) is 0 Å². The molecule has 0 saturated heterocycles. The third-order valence-electron chi connectivity index (χ3n) is 3.51. The molecule has 0 radical (unpaired) electrons. The van der Waals surface area contributed by atoms with Crippen molar-refractivity contribution in [2.45, 2.75) is 25.3 Å². The number of nitrogens with zero attached hydrogens (tertiary/aromatic N) is 4. The predicted octanol–water partition coefficient (Wildman–Crippen LogP) is 1.84. The highest BCUT2D eigenvalue weighted by atomic mass is 19.1. The summed E-state index contributed by atoms with van der Waals surface area (Å²) in [7, 11) is 0. The maximum atomic E-state index is 13.1. The minimum absolute atomic E-state index is 0.190. The summed E-state index contributed by atoms with van der Waals surface area (Å²) in [6, 6.07) is 3.91. The van der Waals surface area contributed by atoms with Gasteiger partial charge in [0, 0.05) is 12.0 Å². The summed E-state index contributed by atoms with van der Waals surface area (Å²) < 4.78 is 19.7. The summed E-state index contributed by atoms with van der Waals surface area (Å²) in [4.78, 5) is 20.7. The van der Waals surface area contributed by atoms with Crippen LogP contribution in [0.1, 0.15) is 30.5 Å². The molecule has 0 aliphatic heterocycles. The van der Waals surface area contributed by atoms with E-state index in [-0.39, 0.29) is 12.1 Å². The number of hydrogen-bond acceptors (Lipinski definition) is 5. The Morgan fingerprint density at radius 1 is 1.38 bits per heavy atom. The summed E-state index contributed by atoms with van der Waals surface area (Å²) in [5.74, 6) is 1.04. The molecule has 2 heterocycles. The number of fused-ring (bicyclic) bond motifs is 1. The smallest absolute Gasteiger partial charge is 0.261 e. The Morgan fingerprint density at radius 2 is 2.24 bits per heavy atom. The van der Waals surface area contributed by atoms with Gasteiger partial charge >= 0.3 is 0 Å². The van der Waals surface area contributed by atoms with Crippen molar-refractivity contribution in [2.75, 3.05) is 0 Å². The minimum atomic E-state index is -0.417. The largest absolute Gasteiger partial charge is 0.339 e. The normalized spacial score (nSPS) is 14.7. The molecule has 0 atom stereocenters. The van der Waals surface area contributed by atoms with Crippen LogP contribution in [0.4, 0.5) is 4.39 Å². The van der Waals surface area contributed by atoms with Gasteiger partial charge in [-0.05, 0) is 25.0 Å². The number of hydrogen-bond donors (Lipinski definition) is 0. The third-order valence-corrected chi connectivity index (χ3v) is 3.51. The topological polar surface area (TPSA) is 73.8 Å². The predicted molar refractivity (Wildman–Crippen MR) is 71.3 cm³/mol. The number of aromatic nitrogens is 4. The molecule has 106 valence electrons. The average molecular weight is 286 g/mol. The van der Waals surface area contributed by atoms with Gasteiger partial charge in [-0.1, -0.05) is 5.16 Å². The van der Waals surface area contributed by atoms with Crippen molar-refractivity contribution in [3.63, 3.8) is 0 Å². The lowest BCUT2D eigenvalue weighted by Crippen LogP contribution is -2.21. The molecular weight excluding hydrogens is 275 g/mol. The first-order chi connectivity index (χ1) is 10.2. The Labute approximate surface area is 118 Å². The Morgan fingerprint density at radius 3 is 3.05 bits per heavy atom. The Hall–Kier alpha value is -2.57. The molecule has 4 rings (SSSR count). The molecule has 0 bridgehead atoms. The second-order valence-corrected chi connectivity index (χ2v) is 5.16. The number of halogens is 1. The van der Waals surface area contributed by atoms with Crippen LogP contribution < -0.4 is 5.56 Å². The van der Waals surface area contributed by atoms with E-state index in [2.05, 4.69) is 15.1 Å². The van der Waals surface area contributed by atoms with Gasteiger partial charge in [-0.15, -0.1) is 0 Å². The Balaban J connectivity index is 1.70. The van der Waals surface area contributed by atoms with Gasteiger partial charge in [-0.2, -0.15) is 4.98 Å². The molecule has 0 spiro atoms. The van der Waals surface area contributed by atoms with Crippen LogP contribution in [0.25, 0.3) is 10.9 Å². The summed E-state index contributed by atoms with van der Waals surface area (Å²) >= 11 is 0. The molecule has 21 heavy (non-hydrogen) atoms. The molecule has 0 N–H and O–H groups in total. The molecule has 1 aliphatic rings. The summed E-state index contributed by atoms with van der Waals surface area (Å²) in [6.07, 6.45) is 3.52. The zero-order valence-electron chi connectivity index (χ0n) is 11.0. The van der Waals surface area contributed by atoms with Gasteiger partial charge in [0.1, 0.15) is 5.82 Å². The lowest BCUT2D eigenvalue weighted by Gasteiger charge is -2.03. The van der Waals surface area contributed by atoms with Gasteiger partial charge in [0.25, 0.3) is 5.56 Å². The maximum Gasteiger partial charge on any atom is 0.261 e. The van der Waals surface area contributed by atoms with E-state index in [0.29, 0.717) is 28.5 Å². The van der Waals surface area contributed by atoms with E-state index in [4.69, 9.17) is 4.52 Å². The van der Waals surface area contributed by atoms with Crippen LogP contribution >= 0.6 is 0 Å². The summed E-state index contributed by atoms with van der Waals surface area (Å²) in [6.45, 7) is 0.190. The van der Waals surface area contributed by atoms with Gasteiger partial charge < -0.3 is 4.52 Å². The first-order valence-corrected chi connectivity index (χ1v) is 6.68. The highest BCUT2D eigenvalue weighted by Crippen LogP contribution is 2.38. The van der Waals surface area contributed by atoms with Crippen LogP contribution in [0.5, 0.6) is 0 Å². The zero-order valence-corrected chi connectivity index (χ0v) is 11.0. The van der Waals surface area contributed by atoms with Crippen molar-refractivity contribution in [1.82, 2.24) is 19.7 Å². The highest BCUT2D eigenvalue weighted by Gasteiger charge is 2.29. The Kier molecular flexibility index (Phi) is 2.60. The molecule has 1 saturated carbocycles. The fraction of sp³-hybridized carbons (Fsp3) is 0.286. The van der Waals surface area contributed by atoms with E-state index < -0.39 is 5.82 Å². The van der Waals surface area contributed by atoms with Crippen LogP contribution in [-0.4, -0.2) is 19.7 Å². The van der Waals surface area contributed by atoms with Crippen molar-refractivity contribution in [1.29, 1.82) is 0 Å². The number of benzene rings is 1. The second kappa shape index (κ2) is 4.47. The van der Waals surface area contributed by atoms with Crippen molar-refractivity contribution in [3.05, 3.63) is 52.4 Å². The van der Waals surface area contributed by atoms with Gasteiger partial charge in [0.15, 0.2) is 5.82 Å². The lowest BCUT2D eigenvalue weighted by molar-refractivity contribution is 0.373.